The van der Waals surface area contributed by atoms with Gasteiger partial charge in [-0.25, -0.2) is 4.79 Å². The van der Waals surface area contributed by atoms with Gasteiger partial charge in [0.25, 0.3) is 11.6 Å². The zero-order valence-electron chi connectivity index (χ0n) is 13.2. The van der Waals surface area contributed by atoms with Gasteiger partial charge in [0.05, 0.1) is 11.5 Å². The van der Waals surface area contributed by atoms with Crippen LogP contribution in [0.5, 0.6) is 0 Å². The molecule has 0 unspecified atom stereocenters. The number of non-ortho nitro benzene ring substituents is 1. The molecule has 2 aromatic rings. The molecule has 0 aromatic heterocycles. The summed E-state index contributed by atoms with van der Waals surface area (Å²) < 4.78 is 0.725. The Morgan fingerprint density at radius 2 is 1.80 bits per heavy atom. The number of hydrogen-bond donors (Lipinski definition) is 1. The van der Waals surface area contributed by atoms with E-state index in [1.54, 1.807) is 25.1 Å². The van der Waals surface area contributed by atoms with E-state index in [2.05, 4.69) is 21.2 Å². The van der Waals surface area contributed by atoms with Crippen molar-refractivity contribution in [2.75, 3.05) is 0 Å². The van der Waals surface area contributed by atoms with Crippen LogP contribution in [0.1, 0.15) is 18.1 Å². The Bertz CT molecular complexity index is 868. The minimum absolute atomic E-state index is 0.0426. The van der Waals surface area contributed by atoms with E-state index in [4.69, 9.17) is 0 Å². The fourth-order valence-electron chi connectivity index (χ4n) is 2.80. The average molecular weight is 404 g/mol. The molecule has 1 aliphatic rings. The van der Waals surface area contributed by atoms with Gasteiger partial charge in [-0.1, -0.05) is 46.3 Å². The summed E-state index contributed by atoms with van der Waals surface area (Å²) in [4.78, 5) is 36.5. The third-order valence-corrected chi connectivity index (χ3v) is 4.87. The number of nitrogens with one attached hydrogen (secondary N) is 1. The summed E-state index contributed by atoms with van der Waals surface area (Å²) in [7, 11) is 0. The lowest BCUT2D eigenvalue weighted by Crippen LogP contribution is -2.41. The number of nitro benzene ring substituents is 1. The number of carbonyl (C=O) groups is 2. The summed E-state index contributed by atoms with van der Waals surface area (Å²) in [6.07, 6.45) is 0. The Morgan fingerprint density at radius 3 is 2.40 bits per heavy atom. The Hall–Kier alpha value is -2.74. The van der Waals surface area contributed by atoms with Crippen molar-refractivity contribution in [3.8, 4) is 0 Å². The van der Waals surface area contributed by atoms with E-state index in [0.29, 0.717) is 11.1 Å². The molecular formula is C17H14BrN3O4. The van der Waals surface area contributed by atoms with Crippen LogP contribution >= 0.6 is 15.9 Å². The van der Waals surface area contributed by atoms with E-state index >= 15 is 0 Å². The van der Waals surface area contributed by atoms with E-state index in [1.165, 1.54) is 24.3 Å². The number of amides is 3. The highest BCUT2D eigenvalue weighted by molar-refractivity contribution is 9.10. The molecule has 2 aromatic carbocycles. The van der Waals surface area contributed by atoms with Gasteiger partial charge in [0.2, 0.25) is 0 Å². The largest absolute Gasteiger partial charge is 0.325 e. The standard InChI is InChI=1S/C17H14BrN3O4/c1-17(13-4-2-3-5-14(13)18)15(22)20(16(23)19-17)10-11-6-8-12(9-7-11)21(24)25/h2-9H,10H2,1H3,(H,19,23)/t17-/m0/s1. The van der Waals surface area contributed by atoms with Crippen LogP contribution in [-0.4, -0.2) is 21.8 Å². The van der Waals surface area contributed by atoms with Crippen LogP contribution in [0.25, 0.3) is 0 Å². The van der Waals surface area contributed by atoms with E-state index in [1.807, 2.05) is 6.07 Å². The van der Waals surface area contributed by atoms with Gasteiger partial charge in [0, 0.05) is 22.2 Å². The fraction of sp³-hybridized carbons (Fsp3) is 0.176. The zero-order chi connectivity index (χ0) is 18.2. The Kier molecular flexibility index (Phi) is 4.30. The molecule has 0 bridgehead atoms. The van der Waals surface area contributed by atoms with Gasteiger partial charge >= 0.3 is 6.03 Å². The monoisotopic (exact) mass is 403 g/mol. The van der Waals surface area contributed by atoms with E-state index in [0.717, 1.165) is 9.37 Å². The first kappa shape index (κ1) is 17.1. The molecule has 25 heavy (non-hydrogen) atoms. The highest BCUT2D eigenvalue weighted by Gasteiger charge is 2.49. The Labute approximate surface area is 151 Å². The molecule has 3 rings (SSSR count). The predicted molar refractivity (Wildman–Crippen MR) is 93.7 cm³/mol. The van der Waals surface area contributed by atoms with Crippen LogP contribution in [0.2, 0.25) is 0 Å². The number of urea groups is 1. The maximum absolute atomic E-state index is 12.9. The number of benzene rings is 2. The molecule has 1 fully saturated rings. The number of rotatable bonds is 4. The quantitative estimate of drug-likeness (QED) is 0.481. The van der Waals surface area contributed by atoms with Crippen LogP contribution in [0, 0.1) is 10.1 Å². The number of halogens is 1. The smallest absolute Gasteiger partial charge is 0.319 e. The maximum Gasteiger partial charge on any atom is 0.325 e. The molecule has 0 spiro atoms. The number of carbonyl (C=O) groups excluding carboxylic acids is 2. The molecule has 1 N–H and O–H groups in total. The molecule has 0 radical (unpaired) electrons. The lowest BCUT2D eigenvalue weighted by molar-refractivity contribution is -0.384. The normalized spacial score (nSPS) is 19.8. The summed E-state index contributed by atoms with van der Waals surface area (Å²) in [6.45, 7) is 1.70. The van der Waals surface area contributed by atoms with Crippen LogP contribution in [0.4, 0.5) is 10.5 Å². The van der Waals surface area contributed by atoms with Gasteiger partial charge < -0.3 is 5.32 Å². The van der Waals surface area contributed by atoms with Gasteiger partial charge in [0.15, 0.2) is 0 Å². The van der Waals surface area contributed by atoms with Crippen LogP contribution < -0.4 is 5.32 Å². The first-order chi connectivity index (χ1) is 11.8. The van der Waals surface area contributed by atoms with Crippen molar-refractivity contribution in [1.29, 1.82) is 0 Å². The van der Waals surface area contributed by atoms with Gasteiger partial charge in [-0.15, -0.1) is 0 Å². The SMILES string of the molecule is C[C@@]1(c2ccccc2Br)NC(=O)N(Cc2ccc([N+](=O)[O-])cc2)C1=O. The van der Waals surface area contributed by atoms with E-state index < -0.39 is 16.5 Å². The molecule has 1 heterocycles. The third kappa shape index (κ3) is 3.00. The molecule has 7 nitrogen and oxygen atoms in total. The second kappa shape index (κ2) is 6.29. The molecule has 1 saturated heterocycles. The minimum atomic E-state index is -1.17. The van der Waals surface area contributed by atoms with E-state index in [9.17, 15) is 19.7 Å². The molecule has 128 valence electrons. The van der Waals surface area contributed by atoms with Crippen molar-refractivity contribution in [1.82, 2.24) is 10.2 Å². The summed E-state index contributed by atoms with van der Waals surface area (Å²) >= 11 is 3.41. The fourth-order valence-corrected chi connectivity index (χ4v) is 3.48. The summed E-state index contributed by atoms with van der Waals surface area (Å²) in [5.74, 6) is -0.372. The van der Waals surface area contributed by atoms with Crippen LogP contribution in [-0.2, 0) is 16.9 Å². The summed E-state index contributed by atoms with van der Waals surface area (Å²) in [5.41, 5.74) is 0.0850. The van der Waals surface area contributed by atoms with Gasteiger partial charge in [-0.05, 0) is 18.6 Å². The molecule has 1 aliphatic heterocycles. The molecular weight excluding hydrogens is 390 g/mol. The first-order valence-electron chi connectivity index (χ1n) is 7.45. The molecule has 1 atom stereocenters. The summed E-state index contributed by atoms with van der Waals surface area (Å²) in [5, 5.41) is 13.4. The van der Waals surface area contributed by atoms with Gasteiger partial charge in [-0.3, -0.25) is 19.8 Å². The molecule has 0 aliphatic carbocycles. The number of nitro groups is 1. The molecule has 3 amide bonds. The maximum atomic E-state index is 12.9. The van der Waals surface area contributed by atoms with Crippen LogP contribution in [0.15, 0.2) is 53.0 Å². The van der Waals surface area contributed by atoms with E-state index in [-0.39, 0.29) is 18.1 Å². The van der Waals surface area contributed by atoms with Crippen molar-refractivity contribution in [2.24, 2.45) is 0 Å². The number of hydrogen-bond acceptors (Lipinski definition) is 4. The second-order valence-electron chi connectivity index (χ2n) is 5.85. The molecule has 8 heteroatoms. The van der Waals surface area contributed by atoms with Crippen LogP contribution in [0.3, 0.4) is 0 Å². The van der Waals surface area contributed by atoms with Gasteiger partial charge in [0.1, 0.15) is 5.54 Å². The number of nitrogens with zero attached hydrogens (tertiary/aromatic N) is 2. The number of imide groups is 1. The van der Waals surface area contributed by atoms with Crippen molar-refractivity contribution >= 4 is 33.6 Å². The van der Waals surface area contributed by atoms with Crippen molar-refractivity contribution < 1.29 is 14.5 Å². The third-order valence-electron chi connectivity index (χ3n) is 4.18. The van der Waals surface area contributed by atoms with Crippen molar-refractivity contribution in [2.45, 2.75) is 19.0 Å². The molecule has 0 saturated carbocycles. The first-order valence-corrected chi connectivity index (χ1v) is 8.24. The zero-order valence-corrected chi connectivity index (χ0v) is 14.8. The predicted octanol–water partition coefficient (Wildman–Crippen LogP) is 3.32. The van der Waals surface area contributed by atoms with Crippen molar-refractivity contribution in [3.05, 3.63) is 74.2 Å². The topological polar surface area (TPSA) is 92.6 Å². The Morgan fingerprint density at radius 1 is 1.16 bits per heavy atom. The summed E-state index contributed by atoms with van der Waals surface area (Å²) in [6, 6.07) is 12.5. The highest BCUT2D eigenvalue weighted by Crippen LogP contribution is 2.34. The van der Waals surface area contributed by atoms with Gasteiger partial charge in [-0.2, -0.15) is 0 Å². The lowest BCUT2D eigenvalue weighted by Gasteiger charge is -2.23. The second-order valence-corrected chi connectivity index (χ2v) is 6.70. The average Bonchev–Trinajstić information content (AvgIpc) is 2.80. The van der Waals surface area contributed by atoms with Crippen molar-refractivity contribution in [3.63, 3.8) is 0 Å². The lowest BCUT2D eigenvalue weighted by atomic mass is 9.92. The Balaban J connectivity index is 1.87. The highest BCUT2D eigenvalue weighted by atomic mass is 79.9. The minimum Gasteiger partial charge on any atom is -0.319 e.